The van der Waals surface area contributed by atoms with Crippen molar-refractivity contribution in [2.45, 2.75) is 11.3 Å². The van der Waals surface area contributed by atoms with Gasteiger partial charge in [0.25, 0.3) is 0 Å². The van der Waals surface area contributed by atoms with Crippen LogP contribution in [0.5, 0.6) is 0 Å². The van der Waals surface area contributed by atoms with E-state index in [0.717, 1.165) is 16.5 Å². The van der Waals surface area contributed by atoms with Gasteiger partial charge >= 0.3 is 0 Å². The minimum absolute atomic E-state index is 0.147. The van der Waals surface area contributed by atoms with Crippen LogP contribution in [0.15, 0.2) is 23.4 Å². The van der Waals surface area contributed by atoms with Gasteiger partial charge in [0.15, 0.2) is 9.84 Å². The lowest BCUT2D eigenvalue weighted by Gasteiger charge is -2.18. The van der Waals surface area contributed by atoms with Crippen molar-refractivity contribution in [2.24, 2.45) is 0 Å². The topological polar surface area (TPSA) is 63.2 Å². The number of rotatable bonds is 2. The molecule has 2 aromatic rings. The standard InChI is InChI=1S/C14H13N3O2S/c1-3-7-17(2)14-13-10-6-8-20(18,19)12(10)5-4-11(13)15-9-16-14/h1,4-5,9H,6-8H2,2H3. The number of hydrogen-bond donors (Lipinski definition) is 0. The fourth-order valence-electron chi connectivity index (χ4n) is 2.57. The van der Waals surface area contributed by atoms with E-state index >= 15 is 0 Å². The first-order valence-electron chi connectivity index (χ1n) is 6.18. The Morgan fingerprint density at radius 3 is 2.95 bits per heavy atom. The molecule has 0 spiro atoms. The summed E-state index contributed by atoms with van der Waals surface area (Å²) < 4.78 is 24.0. The number of nitrogens with zero attached hydrogens (tertiary/aromatic N) is 3. The van der Waals surface area contributed by atoms with Gasteiger partial charge in [-0.1, -0.05) is 5.92 Å². The van der Waals surface area contributed by atoms with Crippen molar-refractivity contribution in [3.8, 4) is 12.3 Å². The lowest BCUT2D eigenvalue weighted by molar-refractivity contribution is 0.600. The molecule has 0 atom stereocenters. The first kappa shape index (κ1) is 12.9. The van der Waals surface area contributed by atoms with E-state index in [1.54, 1.807) is 12.1 Å². The quantitative estimate of drug-likeness (QED) is 0.772. The molecule has 1 aromatic carbocycles. The number of aryl methyl sites for hydroxylation is 1. The van der Waals surface area contributed by atoms with Crippen molar-refractivity contribution >= 4 is 26.6 Å². The van der Waals surface area contributed by atoms with Crippen LogP contribution < -0.4 is 4.90 Å². The van der Waals surface area contributed by atoms with Gasteiger partial charge in [0.1, 0.15) is 12.1 Å². The Bertz CT molecular complexity index is 837. The SMILES string of the molecule is C#CCN(C)c1ncnc2ccc3c(c12)CCS3(=O)=O. The van der Waals surface area contributed by atoms with E-state index in [0.29, 0.717) is 23.7 Å². The van der Waals surface area contributed by atoms with E-state index < -0.39 is 9.84 Å². The normalized spacial score (nSPS) is 15.8. The number of fused-ring (bicyclic) bond motifs is 3. The Kier molecular flexibility index (Phi) is 2.87. The van der Waals surface area contributed by atoms with E-state index in [1.165, 1.54) is 6.33 Å². The highest BCUT2D eigenvalue weighted by Gasteiger charge is 2.29. The molecule has 20 heavy (non-hydrogen) atoms. The molecular weight excluding hydrogens is 274 g/mol. The van der Waals surface area contributed by atoms with Crippen molar-refractivity contribution in [1.82, 2.24) is 9.97 Å². The molecule has 0 radical (unpaired) electrons. The lowest BCUT2D eigenvalue weighted by Crippen LogP contribution is -2.19. The first-order valence-corrected chi connectivity index (χ1v) is 7.84. The predicted molar refractivity (Wildman–Crippen MR) is 77.4 cm³/mol. The fourth-order valence-corrected chi connectivity index (χ4v) is 4.12. The van der Waals surface area contributed by atoms with Gasteiger partial charge in [0.05, 0.1) is 22.7 Å². The van der Waals surface area contributed by atoms with Crippen LogP contribution in [-0.2, 0) is 16.3 Å². The molecule has 3 rings (SSSR count). The smallest absolute Gasteiger partial charge is 0.179 e. The minimum Gasteiger partial charge on any atom is -0.348 e. The summed E-state index contributed by atoms with van der Waals surface area (Å²) in [6.45, 7) is 0.405. The van der Waals surface area contributed by atoms with Crippen molar-refractivity contribution in [3.05, 3.63) is 24.0 Å². The summed E-state index contributed by atoms with van der Waals surface area (Å²) in [6, 6.07) is 3.36. The molecule has 6 heteroatoms. The molecule has 1 aliphatic heterocycles. The van der Waals surface area contributed by atoms with Crippen LogP contribution in [0.25, 0.3) is 10.9 Å². The summed E-state index contributed by atoms with van der Waals surface area (Å²) in [4.78, 5) is 10.7. The van der Waals surface area contributed by atoms with Gasteiger partial charge in [-0.2, -0.15) is 0 Å². The van der Waals surface area contributed by atoms with Crippen LogP contribution in [0.3, 0.4) is 0 Å². The van der Waals surface area contributed by atoms with E-state index in [9.17, 15) is 8.42 Å². The molecule has 0 saturated carbocycles. The zero-order valence-electron chi connectivity index (χ0n) is 11.0. The second-order valence-corrected chi connectivity index (χ2v) is 6.84. The number of benzene rings is 1. The predicted octanol–water partition coefficient (Wildman–Crippen LogP) is 1.03. The van der Waals surface area contributed by atoms with Crippen LogP contribution >= 0.6 is 0 Å². The number of sulfone groups is 1. The summed E-state index contributed by atoms with van der Waals surface area (Å²) in [7, 11) is -1.33. The second kappa shape index (κ2) is 4.46. The summed E-state index contributed by atoms with van der Waals surface area (Å²) in [5.41, 5.74) is 1.55. The highest BCUT2D eigenvalue weighted by Crippen LogP contribution is 2.35. The Morgan fingerprint density at radius 2 is 2.20 bits per heavy atom. The van der Waals surface area contributed by atoms with Gasteiger partial charge in [-0.05, 0) is 24.1 Å². The molecule has 1 aliphatic rings. The third-order valence-corrected chi connectivity index (χ3v) is 5.29. The molecule has 0 saturated heterocycles. The van der Waals surface area contributed by atoms with Gasteiger partial charge in [-0.3, -0.25) is 0 Å². The summed E-state index contributed by atoms with van der Waals surface area (Å²) in [6.07, 6.45) is 7.31. The minimum atomic E-state index is -3.17. The van der Waals surface area contributed by atoms with Gasteiger partial charge in [-0.25, -0.2) is 18.4 Å². The highest BCUT2D eigenvalue weighted by molar-refractivity contribution is 7.91. The molecule has 5 nitrogen and oxygen atoms in total. The first-order chi connectivity index (χ1) is 9.54. The van der Waals surface area contributed by atoms with Gasteiger partial charge in [0.2, 0.25) is 0 Å². The number of anilines is 1. The number of hydrogen-bond acceptors (Lipinski definition) is 5. The maximum absolute atomic E-state index is 12.0. The van der Waals surface area contributed by atoms with E-state index in [-0.39, 0.29) is 5.75 Å². The third-order valence-electron chi connectivity index (χ3n) is 3.49. The zero-order valence-corrected chi connectivity index (χ0v) is 11.8. The zero-order chi connectivity index (χ0) is 14.3. The van der Waals surface area contributed by atoms with E-state index in [4.69, 9.17) is 6.42 Å². The van der Waals surface area contributed by atoms with Gasteiger partial charge in [-0.15, -0.1) is 6.42 Å². The molecule has 0 unspecified atom stereocenters. The highest BCUT2D eigenvalue weighted by atomic mass is 32.2. The summed E-state index contributed by atoms with van der Waals surface area (Å²) in [5, 5.41) is 0.795. The fraction of sp³-hybridized carbons (Fsp3) is 0.286. The molecule has 0 bridgehead atoms. The largest absolute Gasteiger partial charge is 0.348 e. The molecule has 0 fully saturated rings. The Balaban J connectivity index is 2.34. The van der Waals surface area contributed by atoms with Crippen molar-refractivity contribution in [1.29, 1.82) is 0 Å². The number of terminal acetylenes is 1. The molecule has 2 heterocycles. The third kappa shape index (κ3) is 1.82. The van der Waals surface area contributed by atoms with Crippen molar-refractivity contribution in [2.75, 3.05) is 24.2 Å². The van der Waals surface area contributed by atoms with Gasteiger partial charge in [0, 0.05) is 12.4 Å². The van der Waals surface area contributed by atoms with Crippen LogP contribution in [0, 0.1) is 12.3 Å². The van der Waals surface area contributed by atoms with Crippen molar-refractivity contribution < 1.29 is 8.42 Å². The van der Waals surface area contributed by atoms with Crippen LogP contribution in [-0.4, -0.2) is 37.7 Å². The van der Waals surface area contributed by atoms with Gasteiger partial charge < -0.3 is 4.90 Å². The number of aromatic nitrogens is 2. The van der Waals surface area contributed by atoms with Crippen molar-refractivity contribution in [3.63, 3.8) is 0 Å². The average molecular weight is 287 g/mol. The molecule has 0 amide bonds. The lowest BCUT2D eigenvalue weighted by atomic mass is 10.1. The molecule has 1 aromatic heterocycles. The monoisotopic (exact) mass is 287 g/mol. The average Bonchev–Trinajstić information content (AvgIpc) is 2.74. The summed E-state index contributed by atoms with van der Waals surface area (Å²) in [5.74, 6) is 3.39. The molecule has 0 N–H and O–H groups in total. The Morgan fingerprint density at radius 1 is 1.40 bits per heavy atom. The Labute approximate surface area is 117 Å². The van der Waals surface area contributed by atoms with E-state index in [1.807, 2.05) is 11.9 Å². The maximum Gasteiger partial charge on any atom is 0.179 e. The van der Waals surface area contributed by atoms with Crippen LogP contribution in [0.4, 0.5) is 5.82 Å². The van der Waals surface area contributed by atoms with Crippen LogP contribution in [0.1, 0.15) is 5.56 Å². The van der Waals surface area contributed by atoms with E-state index in [2.05, 4.69) is 15.9 Å². The second-order valence-electron chi connectivity index (χ2n) is 4.76. The maximum atomic E-state index is 12.0. The Hall–Kier alpha value is -2.13. The molecule has 102 valence electrons. The molecular formula is C14H13N3O2S. The molecule has 0 aliphatic carbocycles. The summed E-state index contributed by atoms with van der Waals surface area (Å²) >= 11 is 0. The van der Waals surface area contributed by atoms with Crippen LogP contribution in [0.2, 0.25) is 0 Å².